The zero-order valence-electron chi connectivity index (χ0n) is 15.3. The average molecular weight is 415 g/mol. The Morgan fingerprint density at radius 1 is 1.07 bits per heavy atom. The number of hydrogen-bond acceptors (Lipinski definition) is 5. The van der Waals surface area contributed by atoms with Crippen LogP contribution in [0.4, 0.5) is 0 Å². The van der Waals surface area contributed by atoms with E-state index >= 15 is 0 Å². The maximum Gasteiger partial charge on any atom is 0.216 e. The molecule has 2 aromatic carbocycles. The SMILES string of the molecule is CC(=O)NCCc1nnc(SCC(=O)c2ccccc2)n1-c1ccc(Cl)cc1. The van der Waals surface area contributed by atoms with Crippen LogP contribution in [0.3, 0.4) is 0 Å². The van der Waals surface area contributed by atoms with Crippen LogP contribution in [0.5, 0.6) is 0 Å². The zero-order chi connectivity index (χ0) is 19.9. The number of hydrogen-bond donors (Lipinski definition) is 1. The van der Waals surface area contributed by atoms with Crippen molar-refractivity contribution in [3.63, 3.8) is 0 Å². The van der Waals surface area contributed by atoms with Crippen LogP contribution in [0.1, 0.15) is 23.1 Å². The van der Waals surface area contributed by atoms with Crippen LogP contribution in [0.25, 0.3) is 5.69 Å². The molecule has 3 aromatic rings. The first-order valence-corrected chi connectivity index (χ1v) is 10.1. The lowest BCUT2D eigenvalue weighted by atomic mass is 10.2. The van der Waals surface area contributed by atoms with Crippen molar-refractivity contribution in [2.75, 3.05) is 12.3 Å². The molecule has 0 unspecified atom stereocenters. The Bertz CT molecular complexity index is 958. The Morgan fingerprint density at radius 2 is 1.79 bits per heavy atom. The molecule has 0 fully saturated rings. The monoisotopic (exact) mass is 414 g/mol. The molecular formula is C20H19ClN4O2S. The van der Waals surface area contributed by atoms with Gasteiger partial charge in [-0.1, -0.05) is 53.7 Å². The van der Waals surface area contributed by atoms with Gasteiger partial charge in [0.05, 0.1) is 5.75 Å². The molecule has 0 saturated carbocycles. The molecule has 1 amide bonds. The number of benzene rings is 2. The first kappa shape index (κ1) is 20.1. The second kappa shape index (κ2) is 9.52. The molecule has 1 aromatic heterocycles. The third kappa shape index (κ3) is 5.21. The molecule has 0 spiro atoms. The second-order valence-electron chi connectivity index (χ2n) is 6.02. The fraction of sp³-hybridized carbons (Fsp3) is 0.200. The van der Waals surface area contributed by atoms with E-state index < -0.39 is 0 Å². The van der Waals surface area contributed by atoms with Gasteiger partial charge in [-0.05, 0) is 24.3 Å². The average Bonchev–Trinajstić information content (AvgIpc) is 3.10. The molecular weight excluding hydrogens is 396 g/mol. The van der Waals surface area contributed by atoms with E-state index in [4.69, 9.17) is 11.6 Å². The first-order chi connectivity index (χ1) is 13.5. The standard InChI is InChI=1S/C20H19ClN4O2S/c1-14(26)22-12-11-19-23-24-20(25(19)17-9-7-16(21)8-10-17)28-13-18(27)15-5-3-2-4-6-15/h2-10H,11-13H2,1H3,(H,22,26). The number of ketones is 1. The number of Topliss-reactive ketones (excluding diaryl/α,β-unsaturated/α-hetero) is 1. The molecule has 0 aliphatic carbocycles. The van der Waals surface area contributed by atoms with Gasteiger partial charge in [-0.15, -0.1) is 10.2 Å². The van der Waals surface area contributed by atoms with Crippen molar-refractivity contribution in [2.45, 2.75) is 18.5 Å². The molecule has 3 rings (SSSR count). The van der Waals surface area contributed by atoms with E-state index in [9.17, 15) is 9.59 Å². The molecule has 0 radical (unpaired) electrons. The lowest BCUT2D eigenvalue weighted by Crippen LogP contribution is -2.23. The van der Waals surface area contributed by atoms with Gasteiger partial charge in [-0.25, -0.2) is 0 Å². The molecule has 0 atom stereocenters. The van der Waals surface area contributed by atoms with Gasteiger partial charge in [0, 0.05) is 36.2 Å². The van der Waals surface area contributed by atoms with Crippen LogP contribution in [0, 0.1) is 0 Å². The fourth-order valence-corrected chi connectivity index (χ4v) is 3.58. The maximum absolute atomic E-state index is 12.4. The van der Waals surface area contributed by atoms with Gasteiger partial charge >= 0.3 is 0 Å². The summed E-state index contributed by atoms with van der Waals surface area (Å²) >= 11 is 7.33. The van der Waals surface area contributed by atoms with E-state index in [1.165, 1.54) is 18.7 Å². The molecule has 0 saturated heterocycles. The van der Waals surface area contributed by atoms with Gasteiger partial charge in [0.25, 0.3) is 0 Å². The van der Waals surface area contributed by atoms with Crippen LogP contribution < -0.4 is 5.32 Å². The third-order valence-electron chi connectivity index (χ3n) is 3.94. The number of rotatable bonds is 8. The highest BCUT2D eigenvalue weighted by Gasteiger charge is 2.16. The summed E-state index contributed by atoms with van der Waals surface area (Å²) in [6.07, 6.45) is 0.516. The van der Waals surface area contributed by atoms with Crippen molar-refractivity contribution in [1.82, 2.24) is 20.1 Å². The Kier molecular flexibility index (Phi) is 6.84. The van der Waals surface area contributed by atoms with E-state index in [1.807, 2.05) is 34.9 Å². The van der Waals surface area contributed by atoms with Crippen molar-refractivity contribution < 1.29 is 9.59 Å². The summed E-state index contributed by atoms with van der Waals surface area (Å²) < 4.78 is 1.89. The molecule has 1 heterocycles. The van der Waals surface area contributed by atoms with Crippen LogP contribution in [-0.4, -0.2) is 38.8 Å². The van der Waals surface area contributed by atoms with Crippen molar-refractivity contribution in [1.29, 1.82) is 0 Å². The van der Waals surface area contributed by atoms with Gasteiger partial charge in [0.15, 0.2) is 10.9 Å². The number of thioether (sulfide) groups is 1. The van der Waals surface area contributed by atoms with E-state index in [2.05, 4.69) is 15.5 Å². The summed E-state index contributed by atoms with van der Waals surface area (Å²) in [4.78, 5) is 23.6. The highest BCUT2D eigenvalue weighted by molar-refractivity contribution is 7.99. The van der Waals surface area contributed by atoms with E-state index in [1.54, 1.807) is 24.3 Å². The molecule has 0 aliphatic rings. The van der Waals surface area contributed by atoms with Crippen LogP contribution in [-0.2, 0) is 11.2 Å². The topological polar surface area (TPSA) is 76.9 Å². The second-order valence-corrected chi connectivity index (χ2v) is 7.40. The van der Waals surface area contributed by atoms with E-state index in [0.717, 1.165) is 5.69 Å². The lowest BCUT2D eigenvalue weighted by molar-refractivity contribution is -0.118. The number of nitrogens with one attached hydrogen (secondary N) is 1. The smallest absolute Gasteiger partial charge is 0.216 e. The number of amides is 1. The Hall–Kier alpha value is -2.64. The van der Waals surface area contributed by atoms with Crippen LogP contribution in [0.15, 0.2) is 59.8 Å². The van der Waals surface area contributed by atoms with Crippen molar-refractivity contribution in [2.24, 2.45) is 0 Å². The molecule has 8 heteroatoms. The summed E-state index contributed by atoms with van der Waals surface area (Å²) in [6.45, 7) is 1.93. The Labute approximate surface area is 172 Å². The quantitative estimate of drug-likeness (QED) is 0.450. The fourth-order valence-electron chi connectivity index (χ4n) is 2.59. The van der Waals surface area contributed by atoms with Crippen molar-refractivity contribution in [3.8, 4) is 5.69 Å². The molecule has 28 heavy (non-hydrogen) atoms. The molecule has 144 valence electrons. The maximum atomic E-state index is 12.4. The number of carbonyl (C=O) groups is 2. The number of aromatic nitrogens is 3. The number of nitrogens with zero attached hydrogens (tertiary/aromatic N) is 3. The highest BCUT2D eigenvalue weighted by Crippen LogP contribution is 2.24. The first-order valence-electron chi connectivity index (χ1n) is 8.70. The third-order valence-corrected chi connectivity index (χ3v) is 5.12. The minimum Gasteiger partial charge on any atom is -0.356 e. The van der Waals surface area contributed by atoms with Gasteiger partial charge in [0.1, 0.15) is 5.82 Å². The van der Waals surface area contributed by atoms with Gasteiger partial charge in [0.2, 0.25) is 5.91 Å². The summed E-state index contributed by atoms with van der Waals surface area (Å²) in [5.41, 5.74) is 1.51. The predicted molar refractivity (Wildman–Crippen MR) is 110 cm³/mol. The van der Waals surface area contributed by atoms with E-state index in [0.29, 0.717) is 34.5 Å². The van der Waals surface area contributed by atoms with Crippen LogP contribution in [0.2, 0.25) is 5.02 Å². The summed E-state index contributed by atoms with van der Waals surface area (Å²) in [6, 6.07) is 16.5. The lowest BCUT2D eigenvalue weighted by Gasteiger charge is -2.10. The van der Waals surface area contributed by atoms with Crippen LogP contribution >= 0.6 is 23.4 Å². The zero-order valence-corrected chi connectivity index (χ0v) is 16.8. The minimum absolute atomic E-state index is 0.0241. The van der Waals surface area contributed by atoms with Crippen molar-refractivity contribution >= 4 is 35.1 Å². The van der Waals surface area contributed by atoms with Gasteiger partial charge in [-0.3, -0.25) is 14.2 Å². The molecule has 1 N–H and O–H groups in total. The number of carbonyl (C=O) groups excluding carboxylic acids is 2. The van der Waals surface area contributed by atoms with Gasteiger partial charge < -0.3 is 5.32 Å². The highest BCUT2D eigenvalue weighted by atomic mass is 35.5. The number of halogens is 1. The van der Waals surface area contributed by atoms with E-state index in [-0.39, 0.29) is 17.4 Å². The predicted octanol–water partition coefficient (Wildman–Crippen LogP) is 3.57. The summed E-state index contributed by atoms with van der Waals surface area (Å²) in [7, 11) is 0. The summed E-state index contributed by atoms with van der Waals surface area (Å²) in [5, 5.41) is 12.5. The minimum atomic E-state index is -0.0967. The Balaban J connectivity index is 1.81. The summed E-state index contributed by atoms with van der Waals surface area (Å²) in [5.74, 6) is 0.879. The molecule has 0 aliphatic heterocycles. The molecule has 6 nitrogen and oxygen atoms in total. The van der Waals surface area contributed by atoms with Gasteiger partial charge in [-0.2, -0.15) is 0 Å². The largest absolute Gasteiger partial charge is 0.356 e. The molecule has 0 bridgehead atoms. The normalized spacial score (nSPS) is 10.6. The van der Waals surface area contributed by atoms with Crippen molar-refractivity contribution in [3.05, 3.63) is 71.0 Å². The Morgan fingerprint density at radius 3 is 2.46 bits per heavy atom.